The summed E-state index contributed by atoms with van der Waals surface area (Å²) in [5, 5.41) is 3.55. The summed E-state index contributed by atoms with van der Waals surface area (Å²) in [6.07, 6.45) is 4.97. The predicted octanol–water partition coefficient (Wildman–Crippen LogP) is 2.65. The summed E-state index contributed by atoms with van der Waals surface area (Å²) in [5.74, 6) is 6.09. The van der Waals surface area contributed by atoms with Crippen LogP contribution in [-0.4, -0.2) is 29.2 Å². The lowest BCUT2D eigenvalue weighted by atomic mass is 9.79. The highest BCUT2D eigenvalue weighted by molar-refractivity contribution is 6.30. The van der Waals surface area contributed by atoms with E-state index in [9.17, 15) is 9.59 Å². The normalized spacial score (nSPS) is 20.1. The van der Waals surface area contributed by atoms with Crippen molar-refractivity contribution in [1.82, 2.24) is 10.4 Å². The first-order valence-corrected chi connectivity index (χ1v) is 12.3. The second-order valence-corrected chi connectivity index (χ2v) is 9.90. The fraction of sp³-hybridized carbons (Fsp3) is 0.185. The Kier molecular flexibility index (Phi) is 5.47. The van der Waals surface area contributed by atoms with Gasteiger partial charge in [-0.2, -0.15) is 0 Å². The molecule has 3 aromatic rings. The number of hydrogen-bond acceptors (Lipinski definition) is 6. The van der Waals surface area contributed by atoms with Gasteiger partial charge >= 0.3 is 0 Å². The fourth-order valence-electron chi connectivity index (χ4n) is 5.54. The highest BCUT2D eigenvalue weighted by Crippen LogP contribution is 2.47. The highest BCUT2D eigenvalue weighted by atomic mass is 35.5. The van der Waals surface area contributed by atoms with Crippen molar-refractivity contribution in [2.75, 3.05) is 16.8 Å². The number of amidine groups is 1. The standard InChI is InChI=1S/C27H24ClN7O2/c28-18-4-6-22-15(10-18)7-9-35(22)25(36)21(34-30)12-23(29)32-19-5-3-16-13-27(14-17(16)11-19)20-2-1-8-31-24(20)33-26(27)37/h1-6,8,10-12,34H,7,9,13-14,30H2,(H2,29,32)(H,31,33,37)/b21-12-. The van der Waals surface area contributed by atoms with E-state index in [0.717, 1.165) is 27.9 Å². The molecule has 1 atom stereocenters. The molecule has 1 aromatic heterocycles. The van der Waals surface area contributed by atoms with E-state index in [1.807, 2.05) is 42.5 Å². The first-order valence-electron chi connectivity index (χ1n) is 11.9. The van der Waals surface area contributed by atoms with E-state index in [2.05, 4.69) is 20.7 Å². The van der Waals surface area contributed by atoms with E-state index < -0.39 is 5.41 Å². The van der Waals surface area contributed by atoms with Crippen molar-refractivity contribution in [1.29, 1.82) is 0 Å². The molecule has 1 aliphatic carbocycles. The van der Waals surface area contributed by atoms with Crippen LogP contribution in [-0.2, 0) is 34.3 Å². The van der Waals surface area contributed by atoms with Gasteiger partial charge in [0.1, 0.15) is 17.4 Å². The average Bonchev–Trinajstić information content (AvgIpc) is 3.55. The van der Waals surface area contributed by atoms with Crippen LogP contribution in [0.2, 0.25) is 5.02 Å². The topological polar surface area (TPSA) is 139 Å². The third-order valence-electron chi connectivity index (χ3n) is 7.28. The van der Waals surface area contributed by atoms with Gasteiger partial charge in [0.25, 0.3) is 5.91 Å². The van der Waals surface area contributed by atoms with Crippen LogP contribution in [0, 0.1) is 0 Å². The van der Waals surface area contributed by atoms with E-state index in [4.69, 9.17) is 23.2 Å². The molecule has 0 radical (unpaired) electrons. The second kappa shape index (κ2) is 8.72. The van der Waals surface area contributed by atoms with Crippen molar-refractivity contribution in [2.24, 2.45) is 16.6 Å². The first kappa shape index (κ1) is 23.2. The van der Waals surface area contributed by atoms with Gasteiger partial charge in [0.15, 0.2) is 0 Å². The van der Waals surface area contributed by atoms with Crippen LogP contribution in [0.4, 0.5) is 17.2 Å². The van der Waals surface area contributed by atoms with Crippen LogP contribution in [0.1, 0.15) is 22.3 Å². The Labute approximate surface area is 218 Å². The molecule has 1 spiro atoms. The van der Waals surface area contributed by atoms with Crippen molar-refractivity contribution < 1.29 is 9.59 Å². The number of benzene rings is 2. The lowest BCUT2D eigenvalue weighted by Crippen LogP contribution is -2.38. The van der Waals surface area contributed by atoms with Gasteiger partial charge in [0.2, 0.25) is 5.91 Å². The average molecular weight is 514 g/mol. The Bertz CT molecular complexity index is 1530. The summed E-state index contributed by atoms with van der Waals surface area (Å²) in [7, 11) is 0. The van der Waals surface area contributed by atoms with Crippen LogP contribution >= 0.6 is 11.6 Å². The van der Waals surface area contributed by atoms with Gasteiger partial charge in [-0.3, -0.25) is 15.4 Å². The summed E-state index contributed by atoms with van der Waals surface area (Å²) in [6, 6.07) is 15.0. The highest BCUT2D eigenvalue weighted by Gasteiger charge is 2.51. The Morgan fingerprint density at radius 2 is 2.00 bits per heavy atom. The number of hydrazine groups is 1. The molecule has 186 valence electrons. The maximum atomic E-state index is 13.2. The van der Waals surface area contributed by atoms with Crippen LogP contribution in [0.3, 0.4) is 0 Å². The molecule has 1 unspecified atom stereocenters. The summed E-state index contributed by atoms with van der Waals surface area (Å²) in [5.41, 5.74) is 13.6. The number of amides is 2. The molecule has 3 aliphatic rings. The summed E-state index contributed by atoms with van der Waals surface area (Å²) >= 11 is 6.08. The largest absolute Gasteiger partial charge is 0.384 e. The number of rotatable bonds is 4. The van der Waals surface area contributed by atoms with Crippen LogP contribution < -0.4 is 27.2 Å². The van der Waals surface area contributed by atoms with Gasteiger partial charge in [-0.1, -0.05) is 23.7 Å². The molecule has 9 nitrogen and oxygen atoms in total. The van der Waals surface area contributed by atoms with Crippen molar-refractivity contribution in [2.45, 2.75) is 24.7 Å². The van der Waals surface area contributed by atoms with Crippen LogP contribution in [0.25, 0.3) is 0 Å². The number of nitrogens with zero attached hydrogens (tertiary/aromatic N) is 3. The third kappa shape index (κ3) is 3.83. The Hall–Kier alpha value is -4.21. The number of nitrogens with two attached hydrogens (primary N) is 2. The minimum absolute atomic E-state index is 0.0344. The van der Waals surface area contributed by atoms with E-state index in [1.165, 1.54) is 6.08 Å². The first-order chi connectivity index (χ1) is 17.9. The number of fused-ring (bicyclic) bond motifs is 4. The van der Waals surface area contributed by atoms with E-state index >= 15 is 0 Å². The van der Waals surface area contributed by atoms with Gasteiger partial charge in [-0.15, -0.1) is 0 Å². The van der Waals surface area contributed by atoms with Gasteiger partial charge in [-0.25, -0.2) is 9.98 Å². The Morgan fingerprint density at radius 3 is 2.84 bits per heavy atom. The van der Waals surface area contributed by atoms with Crippen molar-refractivity contribution in [3.05, 3.63) is 93.8 Å². The third-order valence-corrected chi connectivity index (χ3v) is 7.52. The van der Waals surface area contributed by atoms with Gasteiger partial charge in [-0.05, 0) is 72.4 Å². The molecule has 0 fully saturated rings. The number of nitrogens with one attached hydrogen (secondary N) is 2. The van der Waals surface area contributed by atoms with Crippen LogP contribution in [0.5, 0.6) is 0 Å². The molecule has 6 rings (SSSR count). The van der Waals surface area contributed by atoms with Crippen molar-refractivity contribution >= 4 is 46.4 Å². The summed E-state index contributed by atoms with van der Waals surface area (Å²) < 4.78 is 0. The van der Waals surface area contributed by atoms with Crippen LogP contribution in [0.15, 0.2) is 71.5 Å². The SMILES string of the molecule is NN/C(=C\C(N)=Nc1ccc2c(c1)CC1(C2)C(=O)Nc2ncccc21)C(=O)N1CCc2cc(Cl)ccc21. The number of hydrogen-bond donors (Lipinski definition) is 4. The van der Waals surface area contributed by atoms with Crippen molar-refractivity contribution in [3.63, 3.8) is 0 Å². The number of carbonyl (C=O) groups excluding carboxylic acids is 2. The zero-order chi connectivity index (χ0) is 25.7. The molecule has 2 aliphatic heterocycles. The van der Waals surface area contributed by atoms with Crippen molar-refractivity contribution in [3.8, 4) is 0 Å². The van der Waals surface area contributed by atoms with Gasteiger partial charge < -0.3 is 21.4 Å². The molecular weight excluding hydrogens is 490 g/mol. The molecule has 6 N–H and O–H groups in total. The molecular formula is C27H24ClN7O2. The Morgan fingerprint density at radius 1 is 1.16 bits per heavy atom. The number of pyridine rings is 1. The quantitative estimate of drug-likeness (QED) is 0.139. The summed E-state index contributed by atoms with van der Waals surface area (Å²) in [4.78, 5) is 36.5. The minimum Gasteiger partial charge on any atom is -0.384 e. The molecule has 10 heteroatoms. The van der Waals surface area contributed by atoms with E-state index in [1.54, 1.807) is 17.2 Å². The fourth-order valence-corrected chi connectivity index (χ4v) is 5.74. The van der Waals surface area contributed by atoms with Gasteiger partial charge in [0, 0.05) is 35.1 Å². The lowest BCUT2D eigenvalue weighted by Gasteiger charge is -2.20. The van der Waals surface area contributed by atoms with E-state index in [-0.39, 0.29) is 23.3 Å². The number of carbonyl (C=O) groups is 2. The monoisotopic (exact) mass is 513 g/mol. The molecule has 0 bridgehead atoms. The maximum Gasteiger partial charge on any atom is 0.275 e. The molecule has 2 amide bonds. The predicted molar refractivity (Wildman–Crippen MR) is 143 cm³/mol. The lowest BCUT2D eigenvalue weighted by molar-refractivity contribution is -0.120. The number of anilines is 2. The number of aliphatic imine (C=N–C) groups is 1. The molecule has 3 heterocycles. The smallest absolute Gasteiger partial charge is 0.275 e. The Balaban J connectivity index is 1.24. The summed E-state index contributed by atoms with van der Waals surface area (Å²) in [6.45, 7) is 0.517. The molecule has 0 saturated carbocycles. The van der Waals surface area contributed by atoms with E-state index in [0.29, 0.717) is 42.3 Å². The van der Waals surface area contributed by atoms with Gasteiger partial charge in [0.05, 0.1) is 11.1 Å². The molecule has 37 heavy (non-hydrogen) atoms. The zero-order valence-electron chi connectivity index (χ0n) is 19.8. The number of aromatic nitrogens is 1. The second-order valence-electron chi connectivity index (χ2n) is 9.46. The zero-order valence-corrected chi connectivity index (χ0v) is 20.5. The minimum atomic E-state index is -0.654. The molecule has 2 aromatic carbocycles. The number of halogens is 1. The maximum absolute atomic E-state index is 13.2. The molecule has 0 saturated heterocycles.